The number of fused-ring (bicyclic) bond motifs is 1. The molecule has 1 aliphatic rings. The number of ether oxygens (including phenoxy) is 2. The van der Waals surface area contributed by atoms with Crippen molar-refractivity contribution in [3.63, 3.8) is 0 Å². The normalized spacial score (nSPS) is 16.4. The van der Waals surface area contributed by atoms with E-state index in [-0.39, 0.29) is 11.1 Å². The van der Waals surface area contributed by atoms with Crippen molar-refractivity contribution in [2.75, 3.05) is 6.61 Å². The van der Waals surface area contributed by atoms with E-state index >= 15 is 0 Å². The fourth-order valence-corrected chi connectivity index (χ4v) is 3.42. The van der Waals surface area contributed by atoms with E-state index in [1.165, 1.54) is 24.4 Å². The van der Waals surface area contributed by atoms with Crippen molar-refractivity contribution in [3.8, 4) is 5.75 Å². The summed E-state index contributed by atoms with van der Waals surface area (Å²) in [5.74, 6) is -1.57. The molecule has 1 atom stereocenters. The van der Waals surface area contributed by atoms with Crippen LogP contribution in [0.2, 0.25) is 0 Å². The molecule has 1 aromatic carbocycles. The fourth-order valence-electron chi connectivity index (χ4n) is 2.78. The van der Waals surface area contributed by atoms with Gasteiger partial charge in [0.25, 0.3) is 0 Å². The van der Waals surface area contributed by atoms with E-state index in [9.17, 15) is 31.2 Å². The van der Waals surface area contributed by atoms with Gasteiger partial charge in [0.05, 0.1) is 18.6 Å². The molecular formula is C18H17Cl3F3NO7S. The molecule has 184 valence electrons. The zero-order chi connectivity index (χ0) is 25.2. The predicted octanol–water partition coefficient (Wildman–Crippen LogP) is 5.09. The van der Waals surface area contributed by atoms with E-state index in [0.717, 1.165) is 11.0 Å². The van der Waals surface area contributed by atoms with Gasteiger partial charge in [-0.25, -0.2) is 4.79 Å². The molecule has 15 heteroatoms. The number of rotatable bonds is 6. The first kappa shape index (κ1) is 27.4. The van der Waals surface area contributed by atoms with Gasteiger partial charge in [0.2, 0.25) is 3.79 Å². The molecule has 0 spiro atoms. The molecule has 33 heavy (non-hydrogen) atoms. The summed E-state index contributed by atoms with van der Waals surface area (Å²) in [6.07, 6.45) is 0.212. The molecule has 1 amide bonds. The van der Waals surface area contributed by atoms with Gasteiger partial charge in [-0.05, 0) is 31.6 Å². The lowest BCUT2D eigenvalue weighted by Gasteiger charge is -2.33. The number of halogens is 6. The molecule has 0 aliphatic carbocycles. The van der Waals surface area contributed by atoms with E-state index in [1.54, 1.807) is 13.8 Å². The van der Waals surface area contributed by atoms with Crippen molar-refractivity contribution < 1.29 is 44.8 Å². The van der Waals surface area contributed by atoms with Crippen LogP contribution in [0.5, 0.6) is 5.75 Å². The SMILES string of the molecule is CC(C)OC(=O)C[C@@H]1c2c(cccc2OS(=O)(=O)C(F)(F)F)C=CN1C(=O)OCC(Cl)(Cl)Cl. The summed E-state index contributed by atoms with van der Waals surface area (Å²) in [6, 6.07) is 2.25. The minimum absolute atomic E-state index is 0.192. The quantitative estimate of drug-likeness (QED) is 0.209. The zero-order valence-corrected chi connectivity index (χ0v) is 20.0. The standard InChI is InChI=1S/C18H17Cl3F3NO7S/c1-10(2)31-14(26)8-12-15-11(6-7-25(12)16(27)30-9-17(19,20)21)4-3-5-13(15)32-33(28,29)18(22,23)24/h3-7,10,12H,8-9H2,1-2H3/t12-/m1/s1. The van der Waals surface area contributed by atoms with Gasteiger partial charge in [0.1, 0.15) is 12.4 Å². The summed E-state index contributed by atoms with van der Waals surface area (Å²) in [5.41, 5.74) is -5.72. The van der Waals surface area contributed by atoms with E-state index in [1.807, 2.05) is 0 Å². The molecule has 0 unspecified atom stereocenters. The Morgan fingerprint density at radius 1 is 1.18 bits per heavy atom. The molecule has 0 N–H and O–H groups in total. The number of hydrogen-bond acceptors (Lipinski definition) is 7. The minimum Gasteiger partial charge on any atom is -0.463 e. The van der Waals surface area contributed by atoms with Crippen LogP contribution >= 0.6 is 34.8 Å². The first-order valence-electron chi connectivity index (χ1n) is 9.05. The molecule has 0 aromatic heterocycles. The van der Waals surface area contributed by atoms with Crippen molar-refractivity contribution in [1.82, 2.24) is 4.90 Å². The van der Waals surface area contributed by atoms with Crippen molar-refractivity contribution in [1.29, 1.82) is 0 Å². The van der Waals surface area contributed by atoms with Crippen molar-refractivity contribution >= 4 is 63.1 Å². The highest BCUT2D eigenvalue weighted by molar-refractivity contribution is 7.88. The average molecular weight is 555 g/mol. The summed E-state index contributed by atoms with van der Waals surface area (Å²) in [7, 11) is -6.05. The highest BCUT2D eigenvalue weighted by atomic mass is 35.6. The van der Waals surface area contributed by atoms with Gasteiger partial charge >= 0.3 is 27.7 Å². The lowest BCUT2D eigenvalue weighted by Crippen LogP contribution is -2.37. The fraction of sp³-hybridized carbons (Fsp3) is 0.444. The minimum atomic E-state index is -6.05. The Kier molecular flexibility index (Phi) is 8.42. The first-order chi connectivity index (χ1) is 15.0. The summed E-state index contributed by atoms with van der Waals surface area (Å²) in [6.45, 7) is 2.44. The van der Waals surface area contributed by atoms with Gasteiger partial charge in [-0.2, -0.15) is 21.6 Å². The third kappa shape index (κ3) is 7.29. The Morgan fingerprint density at radius 3 is 2.36 bits per heavy atom. The summed E-state index contributed by atoms with van der Waals surface area (Å²) < 4.78 is 74.2. The van der Waals surface area contributed by atoms with Gasteiger partial charge in [0, 0.05) is 11.8 Å². The molecule has 0 bridgehead atoms. The summed E-state index contributed by atoms with van der Waals surface area (Å²) >= 11 is 16.7. The number of carbonyl (C=O) groups is 2. The number of nitrogens with zero attached hydrogens (tertiary/aromatic N) is 1. The van der Waals surface area contributed by atoms with Crippen LogP contribution < -0.4 is 4.18 Å². The Labute approximate surface area is 202 Å². The number of hydrogen-bond donors (Lipinski definition) is 0. The molecule has 1 heterocycles. The van der Waals surface area contributed by atoms with Gasteiger partial charge in [-0.1, -0.05) is 46.9 Å². The van der Waals surface area contributed by atoms with Crippen LogP contribution in [-0.2, 0) is 24.4 Å². The Morgan fingerprint density at radius 2 is 1.82 bits per heavy atom. The lowest BCUT2D eigenvalue weighted by molar-refractivity contribution is -0.148. The molecule has 0 fully saturated rings. The van der Waals surface area contributed by atoms with Crippen LogP contribution in [0, 0.1) is 0 Å². The van der Waals surface area contributed by atoms with Gasteiger partial charge in [-0.3, -0.25) is 9.69 Å². The highest BCUT2D eigenvalue weighted by Crippen LogP contribution is 2.41. The maximum Gasteiger partial charge on any atom is 0.534 e. The molecule has 8 nitrogen and oxygen atoms in total. The number of amides is 1. The van der Waals surface area contributed by atoms with Crippen LogP contribution in [0.3, 0.4) is 0 Å². The highest BCUT2D eigenvalue weighted by Gasteiger charge is 2.49. The number of esters is 1. The van der Waals surface area contributed by atoms with Crippen molar-refractivity contribution in [3.05, 3.63) is 35.5 Å². The zero-order valence-electron chi connectivity index (χ0n) is 16.9. The Bertz CT molecular complexity index is 1040. The van der Waals surface area contributed by atoms with Crippen LogP contribution in [-0.4, -0.2) is 47.4 Å². The van der Waals surface area contributed by atoms with Gasteiger partial charge < -0.3 is 13.7 Å². The van der Waals surface area contributed by atoms with Crippen LogP contribution in [0.15, 0.2) is 24.4 Å². The number of alkyl halides is 6. The first-order valence-corrected chi connectivity index (χ1v) is 11.6. The monoisotopic (exact) mass is 553 g/mol. The number of carbonyl (C=O) groups excluding carboxylic acids is 2. The second kappa shape index (κ2) is 10.2. The topological polar surface area (TPSA) is 99.2 Å². The third-order valence-corrected chi connectivity index (χ3v) is 5.26. The number of benzene rings is 1. The molecule has 1 aliphatic heterocycles. The van der Waals surface area contributed by atoms with E-state index < -0.39 is 62.4 Å². The van der Waals surface area contributed by atoms with E-state index in [2.05, 4.69) is 4.18 Å². The Balaban J connectivity index is 2.52. The Hall–Kier alpha value is -1.89. The molecule has 0 radical (unpaired) electrons. The maximum absolute atomic E-state index is 12.9. The second-order valence-corrected chi connectivity index (χ2v) is 10.9. The second-order valence-electron chi connectivity index (χ2n) is 6.89. The predicted molar refractivity (Wildman–Crippen MR) is 113 cm³/mol. The van der Waals surface area contributed by atoms with Gasteiger partial charge in [-0.15, -0.1) is 0 Å². The van der Waals surface area contributed by atoms with Crippen molar-refractivity contribution in [2.45, 2.75) is 41.7 Å². The maximum atomic E-state index is 12.9. The molecule has 2 rings (SSSR count). The van der Waals surface area contributed by atoms with E-state index in [0.29, 0.717) is 0 Å². The summed E-state index contributed by atoms with van der Waals surface area (Å²) in [4.78, 5) is 25.8. The molecule has 0 saturated carbocycles. The third-order valence-electron chi connectivity index (χ3n) is 3.96. The van der Waals surface area contributed by atoms with E-state index in [4.69, 9.17) is 44.3 Å². The van der Waals surface area contributed by atoms with Crippen LogP contribution in [0.1, 0.15) is 37.4 Å². The van der Waals surface area contributed by atoms with Crippen LogP contribution in [0.25, 0.3) is 6.08 Å². The summed E-state index contributed by atoms with van der Waals surface area (Å²) in [5, 5.41) is 0. The largest absolute Gasteiger partial charge is 0.534 e. The molecule has 0 saturated heterocycles. The molecular weight excluding hydrogens is 538 g/mol. The van der Waals surface area contributed by atoms with Gasteiger partial charge in [0.15, 0.2) is 0 Å². The smallest absolute Gasteiger partial charge is 0.463 e. The average Bonchev–Trinajstić information content (AvgIpc) is 2.64. The molecule has 1 aromatic rings. The van der Waals surface area contributed by atoms with Crippen LogP contribution in [0.4, 0.5) is 18.0 Å². The van der Waals surface area contributed by atoms with Crippen molar-refractivity contribution in [2.24, 2.45) is 0 Å². The lowest BCUT2D eigenvalue weighted by atomic mass is 9.93.